The molecule has 4 atom stereocenters. The highest BCUT2D eigenvalue weighted by molar-refractivity contribution is 7.88. The van der Waals surface area contributed by atoms with Crippen LogP contribution in [0.2, 0.25) is 0 Å². The molecule has 0 radical (unpaired) electrons. The van der Waals surface area contributed by atoms with Gasteiger partial charge in [-0.05, 0) is 149 Å². The molecular formula is C39H53NO6S. The smallest absolute Gasteiger partial charge is 0.228 e. The molecule has 7 nitrogen and oxygen atoms in total. The van der Waals surface area contributed by atoms with E-state index in [1.807, 2.05) is 18.2 Å². The van der Waals surface area contributed by atoms with Gasteiger partial charge in [-0.15, -0.1) is 0 Å². The number of aliphatic hydroxyl groups is 2. The maximum absolute atomic E-state index is 14.0. The van der Waals surface area contributed by atoms with E-state index in [1.54, 1.807) is 16.4 Å². The number of carbonyl (C=O) groups excluding carboxylic acids is 1. The van der Waals surface area contributed by atoms with Crippen molar-refractivity contribution < 1.29 is 27.8 Å². The fourth-order valence-corrected chi connectivity index (χ4v) is 12.1. The number of nitrogens with zero attached hydrogens (tertiary/aromatic N) is 1. The number of fused-ring (bicyclic) bond motifs is 8. The number of carbonyl (C=O) groups is 1. The number of aliphatic hydroxyl groups excluding tert-OH is 1. The standard InChI is InChI=1S/C39H53NO6S/c1-26-6-4-13-37(2)34(32-11-9-27(19-31(41)10-8-26)20-33(32)36(42)35-7-5-15-46-35)12-14-39(37,43)25-40(47(3,44)45)24-38-21-28-16-29(22-38)18-30(17-28)23-38/h5-7,9,11,15,20,28-31,34,41,43H,4,8,10,12-14,16-19,21-25H2,1-3H3. The molecule has 6 bridgehead atoms. The van der Waals surface area contributed by atoms with Gasteiger partial charge in [0.2, 0.25) is 15.8 Å². The van der Waals surface area contributed by atoms with Crippen molar-refractivity contribution in [1.29, 1.82) is 0 Å². The molecule has 2 aromatic rings. The average Bonchev–Trinajstić information content (AvgIpc) is 3.61. The Morgan fingerprint density at radius 2 is 1.72 bits per heavy atom. The molecule has 1 aromatic carbocycles. The summed E-state index contributed by atoms with van der Waals surface area (Å²) in [5, 5.41) is 23.8. The third kappa shape index (κ3) is 6.33. The fourth-order valence-electron chi connectivity index (χ4n) is 11.2. The fraction of sp³-hybridized carbons (Fsp3) is 0.667. The van der Waals surface area contributed by atoms with E-state index >= 15 is 0 Å². The third-order valence-electron chi connectivity index (χ3n) is 13.2. The van der Waals surface area contributed by atoms with Crippen LogP contribution in [0.15, 0.2) is 52.7 Å². The van der Waals surface area contributed by atoms with Crippen LogP contribution >= 0.6 is 0 Å². The summed E-state index contributed by atoms with van der Waals surface area (Å²) in [4.78, 5) is 14.0. The first-order chi connectivity index (χ1) is 22.3. The summed E-state index contributed by atoms with van der Waals surface area (Å²) in [7, 11) is -3.59. The maximum atomic E-state index is 14.0. The summed E-state index contributed by atoms with van der Waals surface area (Å²) in [6.07, 6.45) is 16.1. The van der Waals surface area contributed by atoms with Gasteiger partial charge in [-0.3, -0.25) is 4.79 Å². The number of furan rings is 1. The summed E-state index contributed by atoms with van der Waals surface area (Å²) in [6, 6.07) is 9.33. The number of benzene rings is 1. The quantitative estimate of drug-likeness (QED) is 0.243. The SMILES string of the molecule is CC1=CCCC2(C)C(CCC2(O)CN(CC23CC4CC(CC(C4)C2)C3)S(C)(=O)=O)c2ccc(cc2C(=O)c2ccco2)CC(O)CC1. The number of hydrogen-bond donors (Lipinski definition) is 2. The second kappa shape index (κ2) is 12.3. The van der Waals surface area contributed by atoms with Gasteiger partial charge in [0.15, 0.2) is 5.76 Å². The van der Waals surface area contributed by atoms with Crippen LogP contribution in [0, 0.1) is 28.6 Å². The van der Waals surface area contributed by atoms with Crippen LogP contribution in [0.4, 0.5) is 0 Å². The van der Waals surface area contributed by atoms with Crippen LogP contribution in [0.25, 0.3) is 0 Å². The van der Waals surface area contributed by atoms with Crippen molar-refractivity contribution in [2.24, 2.45) is 28.6 Å². The zero-order valence-corrected chi connectivity index (χ0v) is 29.2. The summed E-state index contributed by atoms with van der Waals surface area (Å²) < 4.78 is 34.4. The Labute approximate surface area is 280 Å². The average molecular weight is 664 g/mol. The Kier molecular flexibility index (Phi) is 8.67. The monoisotopic (exact) mass is 663 g/mol. The topological polar surface area (TPSA) is 108 Å². The van der Waals surface area contributed by atoms with Crippen molar-refractivity contribution in [3.05, 3.63) is 70.7 Å². The third-order valence-corrected chi connectivity index (χ3v) is 14.4. The van der Waals surface area contributed by atoms with Crippen molar-refractivity contribution in [3.63, 3.8) is 0 Å². The summed E-state index contributed by atoms with van der Waals surface area (Å²) in [6.45, 7) is 4.81. The van der Waals surface area contributed by atoms with Gasteiger partial charge in [-0.1, -0.05) is 30.7 Å². The van der Waals surface area contributed by atoms with Crippen molar-refractivity contribution in [2.45, 2.75) is 115 Å². The van der Waals surface area contributed by atoms with Crippen LogP contribution in [0.3, 0.4) is 0 Å². The minimum atomic E-state index is -3.59. The molecule has 47 heavy (non-hydrogen) atoms. The van der Waals surface area contributed by atoms with E-state index in [-0.39, 0.29) is 29.4 Å². The Bertz CT molecular complexity index is 1590. The first kappa shape index (κ1) is 33.2. The highest BCUT2D eigenvalue weighted by atomic mass is 32.2. The number of ketones is 1. The zero-order chi connectivity index (χ0) is 33.2. The molecule has 0 saturated heterocycles. The Balaban J connectivity index is 1.27. The van der Waals surface area contributed by atoms with E-state index in [4.69, 9.17) is 4.42 Å². The van der Waals surface area contributed by atoms with Crippen molar-refractivity contribution in [1.82, 2.24) is 4.31 Å². The van der Waals surface area contributed by atoms with Crippen LogP contribution in [-0.2, 0) is 16.4 Å². The Morgan fingerprint density at radius 1 is 1.02 bits per heavy atom. The van der Waals surface area contributed by atoms with E-state index in [0.717, 1.165) is 43.2 Å². The molecule has 0 aliphatic heterocycles. The van der Waals surface area contributed by atoms with Crippen molar-refractivity contribution >= 4 is 15.8 Å². The lowest BCUT2D eigenvalue weighted by Gasteiger charge is -2.58. The van der Waals surface area contributed by atoms with Gasteiger partial charge in [0.25, 0.3) is 0 Å². The van der Waals surface area contributed by atoms with E-state index in [2.05, 4.69) is 19.9 Å². The summed E-state index contributed by atoms with van der Waals surface area (Å²) in [5.74, 6) is 2.02. The first-order valence-corrected chi connectivity index (χ1v) is 19.8. The molecule has 5 fully saturated rings. The molecule has 5 saturated carbocycles. The van der Waals surface area contributed by atoms with Gasteiger partial charge in [0, 0.05) is 24.1 Å². The van der Waals surface area contributed by atoms with E-state index in [1.165, 1.54) is 37.4 Å². The molecule has 256 valence electrons. The molecule has 2 N–H and O–H groups in total. The normalized spacial score (nSPS) is 37.1. The van der Waals surface area contributed by atoms with Crippen LogP contribution in [0.5, 0.6) is 0 Å². The van der Waals surface area contributed by atoms with E-state index < -0.39 is 27.1 Å². The molecule has 1 aromatic heterocycles. The molecule has 1 heterocycles. The zero-order valence-electron chi connectivity index (χ0n) is 28.4. The lowest BCUT2D eigenvalue weighted by Crippen LogP contribution is -2.57. The molecule has 0 spiro atoms. The number of hydrogen-bond acceptors (Lipinski definition) is 6. The minimum Gasteiger partial charge on any atom is -0.461 e. The maximum Gasteiger partial charge on any atom is 0.228 e. The molecular weight excluding hydrogens is 610 g/mol. The number of rotatable bonds is 7. The van der Waals surface area contributed by atoms with Crippen LogP contribution in [0.1, 0.15) is 124 Å². The lowest BCUT2D eigenvalue weighted by atomic mass is 9.49. The van der Waals surface area contributed by atoms with Crippen LogP contribution in [-0.4, -0.2) is 59.8 Å². The summed E-state index contributed by atoms with van der Waals surface area (Å²) >= 11 is 0. The predicted octanol–water partition coefficient (Wildman–Crippen LogP) is 7.03. The van der Waals surface area contributed by atoms with Gasteiger partial charge >= 0.3 is 0 Å². The lowest BCUT2D eigenvalue weighted by molar-refractivity contribution is -0.0919. The minimum absolute atomic E-state index is 0.0131. The predicted molar refractivity (Wildman–Crippen MR) is 183 cm³/mol. The van der Waals surface area contributed by atoms with Gasteiger partial charge < -0.3 is 14.6 Å². The first-order valence-electron chi connectivity index (χ1n) is 18.0. The molecule has 7 aliphatic rings. The largest absolute Gasteiger partial charge is 0.461 e. The molecule has 8 heteroatoms. The Hall–Kier alpha value is -2.26. The van der Waals surface area contributed by atoms with Gasteiger partial charge in [0.1, 0.15) is 0 Å². The van der Waals surface area contributed by atoms with Crippen molar-refractivity contribution in [3.8, 4) is 0 Å². The van der Waals surface area contributed by atoms with Gasteiger partial charge in [0.05, 0.1) is 24.2 Å². The van der Waals surface area contributed by atoms with Crippen molar-refractivity contribution in [2.75, 3.05) is 19.3 Å². The van der Waals surface area contributed by atoms with E-state index in [0.29, 0.717) is 62.0 Å². The van der Waals surface area contributed by atoms with Gasteiger partial charge in [-0.25, -0.2) is 8.42 Å². The highest BCUT2D eigenvalue weighted by Gasteiger charge is 2.59. The highest BCUT2D eigenvalue weighted by Crippen LogP contribution is 2.62. The number of allylic oxidation sites excluding steroid dienone is 2. The molecule has 4 unspecified atom stereocenters. The van der Waals surface area contributed by atoms with E-state index in [9.17, 15) is 23.4 Å². The second-order valence-electron chi connectivity index (χ2n) is 16.7. The van der Waals surface area contributed by atoms with Gasteiger partial charge in [-0.2, -0.15) is 4.31 Å². The number of sulfonamides is 1. The molecule has 0 amide bonds. The Morgan fingerprint density at radius 3 is 2.36 bits per heavy atom. The van der Waals surface area contributed by atoms with Crippen LogP contribution < -0.4 is 0 Å². The molecule has 7 aliphatic carbocycles. The summed E-state index contributed by atoms with van der Waals surface area (Å²) in [5.41, 5.74) is 1.56. The second-order valence-corrected chi connectivity index (χ2v) is 18.7. The molecule has 9 rings (SSSR count).